The Bertz CT molecular complexity index is 447. The fraction of sp³-hybridized carbons (Fsp3) is 0.875. The van der Waals surface area contributed by atoms with E-state index in [2.05, 4.69) is 0 Å². The minimum atomic E-state index is -4.46. The van der Waals surface area contributed by atoms with Crippen molar-refractivity contribution in [1.82, 2.24) is 10.2 Å². The van der Waals surface area contributed by atoms with Gasteiger partial charge in [0.15, 0.2) is 0 Å². The molecule has 0 spiro atoms. The quantitative estimate of drug-likeness (QED) is 0.843. The van der Waals surface area contributed by atoms with Crippen molar-refractivity contribution in [3.63, 3.8) is 0 Å². The van der Waals surface area contributed by atoms with Crippen LogP contribution in [0.1, 0.15) is 53.4 Å². The van der Waals surface area contributed by atoms with Crippen molar-refractivity contribution in [1.29, 1.82) is 0 Å². The maximum atomic E-state index is 12.4. The third-order valence-corrected chi connectivity index (χ3v) is 4.10. The first kappa shape index (κ1) is 20.6. The van der Waals surface area contributed by atoms with Crippen LogP contribution in [0.15, 0.2) is 0 Å². The number of hydrogen-bond donors (Lipinski definition) is 1. The number of amides is 2. The van der Waals surface area contributed by atoms with E-state index >= 15 is 0 Å². The van der Waals surface area contributed by atoms with Crippen LogP contribution in [0.25, 0.3) is 0 Å². The lowest BCUT2D eigenvalue weighted by atomic mass is 9.85. The van der Waals surface area contributed by atoms with Gasteiger partial charge in [0.1, 0.15) is 12.6 Å². The van der Waals surface area contributed by atoms with Crippen LogP contribution >= 0.6 is 0 Å². The van der Waals surface area contributed by atoms with E-state index in [1.54, 1.807) is 0 Å². The summed E-state index contributed by atoms with van der Waals surface area (Å²) in [6.07, 6.45) is -3.26. The normalized spacial score (nSPS) is 22.0. The van der Waals surface area contributed by atoms with E-state index in [0.29, 0.717) is 19.4 Å². The predicted molar refractivity (Wildman–Crippen MR) is 83.4 cm³/mol. The zero-order chi connectivity index (χ0) is 18.5. The lowest BCUT2D eigenvalue weighted by Crippen LogP contribution is -2.49. The highest BCUT2D eigenvalue weighted by Crippen LogP contribution is 2.29. The summed E-state index contributed by atoms with van der Waals surface area (Å²) in [6, 6.07) is 0. The van der Waals surface area contributed by atoms with Crippen LogP contribution in [0.3, 0.4) is 0 Å². The van der Waals surface area contributed by atoms with Crippen LogP contribution < -0.4 is 5.32 Å². The van der Waals surface area contributed by atoms with E-state index in [-0.39, 0.29) is 0 Å². The van der Waals surface area contributed by atoms with Gasteiger partial charge in [-0.25, -0.2) is 4.79 Å². The third kappa shape index (κ3) is 6.20. The van der Waals surface area contributed by atoms with Gasteiger partial charge in [-0.1, -0.05) is 6.42 Å². The summed E-state index contributed by atoms with van der Waals surface area (Å²) >= 11 is 0. The summed E-state index contributed by atoms with van der Waals surface area (Å²) in [6.45, 7) is 6.50. The lowest BCUT2D eigenvalue weighted by Gasteiger charge is -2.37. The molecule has 140 valence electrons. The minimum Gasteiger partial charge on any atom is -0.445 e. The van der Waals surface area contributed by atoms with Gasteiger partial charge >= 0.3 is 12.3 Å². The topological polar surface area (TPSA) is 58.6 Å². The van der Waals surface area contributed by atoms with Crippen LogP contribution in [-0.2, 0) is 9.53 Å². The zero-order valence-corrected chi connectivity index (χ0v) is 14.7. The first-order valence-electron chi connectivity index (χ1n) is 8.28. The molecule has 0 bridgehead atoms. The monoisotopic (exact) mass is 352 g/mol. The van der Waals surface area contributed by atoms with Crippen molar-refractivity contribution in [2.24, 2.45) is 5.92 Å². The molecule has 1 aliphatic rings. The Balaban J connectivity index is 2.73. The Morgan fingerprint density at radius 3 is 2.25 bits per heavy atom. The number of carbonyl (C=O) groups is 2. The fourth-order valence-corrected chi connectivity index (χ4v) is 2.93. The molecule has 8 heteroatoms. The molecule has 1 rings (SSSR count). The molecule has 1 fully saturated rings. The summed E-state index contributed by atoms with van der Waals surface area (Å²) in [4.78, 5) is 26.0. The third-order valence-electron chi connectivity index (χ3n) is 4.10. The molecule has 2 atom stereocenters. The molecule has 0 radical (unpaired) electrons. The molecule has 1 N–H and O–H groups in total. The summed E-state index contributed by atoms with van der Waals surface area (Å²) in [5.74, 6) is -1.44. The average molecular weight is 352 g/mol. The SMILES string of the molecule is CCN(C(=O)OC1CCCC[C@@H]1C(=O)NCC(F)(F)F)C(C)(C)C. The molecule has 0 saturated heterocycles. The van der Waals surface area contributed by atoms with Gasteiger partial charge in [-0.05, 0) is 47.0 Å². The Morgan fingerprint density at radius 2 is 1.75 bits per heavy atom. The van der Waals surface area contributed by atoms with E-state index in [1.165, 1.54) is 4.90 Å². The van der Waals surface area contributed by atoms with Crippen LogP contribution in [0.4, 0.5) is 18.0 Å². The van der Waals surface area contributed by atoms with Gasteiger partial charge in [0.2, 0.25) is 5.91 Å². The number of nitrogens with zero attached hydrogens (tertiary/aromatic N) is 1. The highest BCUT2D eigenvalue weighted by atomic mass is 19.4. The van der Waals surface area contributed by atoms with Crippen LogP contribution in [-0.4, -0.2) is 47.8 Å². The summed E-state index contributed by atoms with van der Waals surface area (Å²) in [5, 5.41) is 1.90. The minimum absolute atomic E-state index is 0.420. The second kappa shape index (κ2) is 8.07. The molecule has 0 aliphatic heterocycles. The smallest absolute Gasteiger partial charge is 0.410 e. The lowest BCUT2D eigenvalue weighted by molar-refractivity contribution is -0.144. The molecule has 0 aromatic carbocycles. The maximum absolute atomic E-state index is 12.4. The van der Waals surface area contributed by atoms with Gasteiger partial charge in [0.05, 0.1) is 5.92 Å². The summed E-state index contributed by atoms with van der Waals surface area (Å²) in [5.41, 5.74) is -0.436. The Kier molecular flexibility index (Phi) is 6.92. The predicted octanol–water partition coefficient (Wildman–Crippen LogP) is 3.48. The number of rotatable bonds is 4. The van der Waals surface area contributed by atoms with Crippen molar-refractivity contribution in [3.8, 4) is 0 Å². The van der Waals surface area contributed by atoms with Crippen LogP contribution in [0.2, 0.25) is 0 Å². The van der Waals surface area contributed by atoms with Crippen molar-refractivity contribution >= 4 is 12.0 Å². The van der Waals surface area contributed by atoms with Gasteiger partial charge < -0.3 is 15.0 Å². The fourth-order valence-electron chi connectivity index (χ4n) is 2.93. The molecular weight excluding hydrogens is 325 g/mol. The van der Waals surface area contributed by atoms with Gasteiger partial charge in [-0.2, -0.15) is 13.2 Å². The highest BCUT2D eigenvalue weighted by Gasteiger charge is 2.37. The number of nitrogens with one attached hydrogen (secondary N) is 1. The number of hydrogen-bond acceptors (Lipinski definition) is 3. The van der Waals surface area contributed by atoms with Gasteiger partial charge in [-0.15, -0.1) is 0 Å². The first-order chi connectivity index (χ1) is 11.0. The van der Waals surface area contributed by atoms with Crippen molar-refractivity contribution in [2.45, 2.75) is 71.2 Å². The molecule has 1 aliphatic carbocycles. The summed E-state index contributed by atoms with van der Waals surface area (Å²) < 4.78 is 42.3. The molecule has 1 saturated carbocycles. The standard InChI is InChI=1S/C16H27F3N2O3/c1-5-21(15(2,3)4)14(23)24-12-9-7-6-8-11(12)13(22)20-10-16(17,18)19/h11-12H,5-10H2,1-4H3,(H,20,22)/t11-,12?/m0/s1. The Labute approximate surface area is 140 Å². The van der Waals surface area contributed by atoms with Gasteiger partial charge in [-0.3, -0.25) is 4.79 Å². The van der Waals surface area contributed by atoms with E-state index in [9.17, 15) is 22.8 Å². The summed E-state index contributed by atoms with van der Waals surface area (Å²) in [7, 11) is 0. The largest absolute Gasteiger partial charge is 0.445 e. The number of halogens is 3. The highest BCUT2D eigenvalue weighted by molar-refractivity contribution is 5.80. The molecule has 0 aromatic rings. The van der Waals surface area contributed by atoms with Crippen LogP contribution in [0.5, 0.6) is 0 Å². The molecule has 1 unspecified atom stereocenters. The molecule has 2 amide bonds. The molecule has 24 heavy (non-hydrogen) atoms. The first-order valence-corrected chi connectivity index (χ1v) is 8.28. The van der Waals surface area contributed by atoms with E-state index in [0.717, 1.165) is 12.8 Å². The molecular formula is C16H27F3N2O3. The average Bonchev–Trinajstić information content (AvgIpc) is 2.43. The van der Waals surface area contributed by atoms with Crippen molar-refractivity contribution < 1.29 is 27.5 Å². The number of alkyl halides is 3. The van der Waals surface area contributed by atoms with Gasteiger partial charge in [0, 0.05) is 12.1 Å². The van der Waals surface area contributed by atoms with E-state index in [4.69, 9.17) is 4.74 Å². The molecule has 0 heterocycles. The van der Waals surface area contributed by atoms with Crippen molar-refractivity contribution in [2.75, 3.05) is 13.1 Å². The second-order valence-electron chi connectivity index (χ2n) is 7.06. The zero-order valence-electron chi connectivity index (χ0n) is 14.7. The maximum Gasteiger partial charge on any atom is 0.410 e. The van der Waals surface area contributed by atoms with Crippen LogP contribution in [0, 0.1) is 5.92 Å². The molecule has 5 nitrogen and oxygen atoms in total. The van der Waals surface area contributed by atoms with E-state index < -0.39 is 42.3 Å². The Morgan fingerprint density at radius 1 is 1.17 bits per heavy atom. The van der Waals surface area contributed by atoms with E-state index in [1.807, 2.05) is 33.0 Å². The van der Waals surface area contributed by atoms with Crippen molar-refractivity contribution in [3.05, 3.63) is 0 Å². The Hall–Kier alpha value is -1.47. The molecule has 0 aromatic heterocycles. The van der Waals surface area contributed by atoms with Gasteiger partial charge in [0.25, 0.3) is 0 Å². The number of ether oxygens (including phenoxy) is 1. The number of carbonyl (C=O) groups excluding carboxylic acids is 2. The second-order valence-corrected chi connectivity index (χ2v) is 7.06.